The van der Waals surface area contributed by atoms with E-state index in [1.54, 1.807) is 7.11 Å². The fourth-order valence-electron chi connectivity index (χ4n) is 2.16. The molecule has 0 saturated heterocycles. The lowest BCUT2D eigenvalue weighted by molar-refractivity contribution is -0.116. The summed E-state index contributed by atoms with van der Waals surface area (Å²) < 4.78 is 5.22. The van der Waals surface area contributed by atoms with E-state index in [0.717, 1.165) is 12.8 Å². The van der Waals surface area contributed by atoms with Crippen LogP contribution in [0.4, 0.5) is 5.69 Å². The number of benzene rings is 2. The van der Waals surface area contributed by atoms with Crippen LogP contribution >= 0.6 is 0 Å². The molecule has 0 radical (unpaired) electrons. The van der Waals surface area contributed by atoms with Crippen LogP contribution in [0.1, 0.15) is 24.5 Å². The van der Waals surface area contributed by atoms with Gasteiger partial charge in [-0.15, -0.1) is 0 Å². The average molecular weight is 283 g/mol. The summed E-state index contributed by atoms with van der Waals surface area (Å²) in [5.74, 6) is 0.678. The molecule has 0 bridgehead atoms. The van der Waals surface area contributed by atoms with Gasteiger partial charge in [0.1, 0.15) is 5.75 Å². The third-order valence-electron chi connectivity index (χ3n) is 3.45. The van der Waals surface area contributed by atoms with Crippen molar-refractivity contribution in [2.45, 2.75) is 26.2 Å². The summed E-state index contributed by atoms with van der Waals surface area (Å²) >= 11 is 0. The first kappa shape index (κ1) is 15.1. The van der Waals surface area contributed by atoms with Crippen molar-refractivity contribution in [3.05, 3.63) is 59.7 Å². The molecule has 2 aromatic rings. The Morgan fingerprint density at radius 3 is 2.38 bits per heavy atom. The molecule has 0 saturated carbocycles. The molecule has 0 aliphatic rings. The van der Waals surface area contributed by atoms with E-state index < -0.39 is 0 Å². The zero-order chi connectivity index (χ0) is 15.1. The van der Waals surface area contributed by atoms with Gasteiger partial charge in [-0.3, -0.25) is 4.79 Å². The van der Waals surface area contributed by atoms with Crippen LogP contribution in [0.15, 0.2) is 48.5 Å². The van der Waals surface area contributed by atoms with Crippen LogP contribution in [0.5, 0.6) is 5.75 Å². The Balaban J connectivity index is 1.89. The molecule has 0 aliphatic carbocycles. The molecule has 0 unspecified atom stereocenters. The van der Waals surface area contributed by atoms with Crippen molar-refractivity contribution in [1.82, 2.24) is 0 Å². The van der Waals surface area contributed by atoms with Crippen molar-refractivity contribution in [3.63, 3.8) is 0 Å². The standard InChI is InChI=1S/C18H21NO2/c1-3-14-8-10-15(11-9-14)12-13-18(20)19-16-6-4-5-7-17(16)21-2/h4-11H,3,12-13H2,1-2H3,(H,19,20). The maximum atomic E-state index is 12.0. The number of methoxy groups -OCH3 is 1. The molecule has 3 nitrogen and oxygen atoms in total. The van der Waals surface area contributed by atoms with E-state index in [9.17, 15) is 4.79 Å². The first-order chi connectivity index (χ1) is 10.2. The second kappa shape index (κ2) is 7.48. The van der Waals surface area contributed by atoms with Crippen LogP contribution in [-0.2, 0) is 17.6 Å². The van der Waals surface area contributed by atoms with Gasteiger partial charge in [-0.25, -0.2) is 0 Å². The number of hydrogen-bond acceptors (Lipinski definition) is 2. The Bertz CT molecular complexity index is 590. The summed E-state index contributed by atoms with van der Waals surface area (Å²) in [4.78, 5) is 12.0. The van der Waals surface area contributed by atoms with E-state index >= 15 is 0 Å². The van der Waals surface area contributed by atoms with Gasteiger partial charge in [-0.05, 0) is 36.1 Å². The summed E-state index contributed by atoms with van der Waals surface area (Å²) in [6.45, 7) is 2.13. The molecule has 0 aromatic heterocycles. The Kier molecular flexibility index (Phi) is 5.38. The molecule has 2 aromatic carbocycles. The van der Waals surface area contributed by atoms with E-state index in [-0.39, 0.29) is 5.91 Å². The normalized spacial score (nSPS) is 10.2. The quantitative estimate of drug-likeness (QED) is 0.875. The highest BCUT2D eigenvalue weighted by Crippen LogP contribution is 2.23. The van der Waals surface area contributed by atoms with Gasteiger partial charge >= 0.3 is 0 Å². The Hall–Kier alpha value is -2.29. The van der Waals surface area contributed by atoms with Gasteiger partial charge in [0.05, 0.1) is 12.8 Å². The van der Waals surface area contributed by atoms with Gasteiger partial charge in [0.25, 0.3) is 0 Å². The number of rotatable bonds is 6. The second-order valence-electron chi connectivity index (χ2n) is 4.92. The van der Waals surface area contributed by atoms with E-state index in [0.29, 0.717) is 17.9 Å². The molecule has 0 fully saturated rings. The number of para-hydroxylation sites is 2. The van der Waals surface area contributed by atoms with E-state index in [4.69, 9.17) is 4.74 Å². The molecular formula is C18H21NO2. The summed E-state index contributed by atoms with van der Waals surface area (Å²) in [5.41, 5.74) is 3.21. The molecular weight excluding hydrogens is 262 g/mol. The monoisotopic (exact) mass is 283 g/mol. The van der Waals surface area contributed by atoms with Crippen LogP contribution in [-0.4, -0.2) is 13.0 Å². The third-order valence-corrected chi connectivity index (χ3v) is 3.45. The van der Waals surface area contributed by atoms with Gasteiger partial charge < -0.3 is 10.1 Å². The lowest BCUT2D eigenvalue weighted by Gasteiger charge is -2.09. The maximum absolute atomic E-state index is 12.0. The summed E-state index contributed by atoms with van der Waals surface area (Å²) in [6, 6.07) is 15.8. The van der Waals surface area contributed by atoms with Gasteiger partial charge in [-0.2, -0.15) is 0 Å². The Labute approximate surface area is 126 Å². The molecule has 2 rings (SSSR count). The topological polar surface area (TPSA) is 38.3 Å². The number of carbonyl (C=O) groups excluding carboxylic acids is 1. The molecule has 1 amide bonds. The average Bonchev–Trinajstić information content (AvgIpc) is 2.54. The minimum absolute atomic E-state index is 0.000863. The highest BCUT2D eigenvalue weighted by atomic mass is 16.5. The number of hydrogen-bond donors (Lipinski definition) is 1. The largest absolute Gasteiger partial charge is 0.495 e. The van der Waals surface area contributed by atoms with Crippen LogP contribution in [0.25, 0.3) is 0 Å². The Morgan fingerprint density at radius 1 is 1.05 bits per heavy atom. The van der Waals surface area contributed by atoms with Gasteiger partial charge in [0, 0.05) is 6.42 Å². The lowest BCUT2D eigenvalue weighted by Crippen LogP contribution is -2.13. The van der Waals surface area contributed by atoms with Gasteiger partial charge in [-0.1, -0.05) is 43.3 Å². The molecule has 1 N–H and O–H groups in total. The highest BCUT2D eigenvalue weighted by Gasteiger charge is 2.07. The lowest BCUT2D eigenvalue weighted by atomic mass is 10.1. The van der Waals surface area contributed by atoms with Gasteiger partial charge in [0.2, 0.25) is 5.91 Å². The van der Waals surface area contributed by atoms with E-state index in [2.05, 4.69) is 36.5 Å². The highest BCUT2D eigenvalue weighted by molar-refractivity contribution is 5.92. The number of ether oxygens (including phenoxy) is 1. The number of aryl methyl sites for hydroxylation is 2. The first-order valence-electron chi connectivity index (χ1n) is 7.23. The van der Waals surface area contributed by atoms with Crippen LogP contribution in [0.3, 0.4) is 0 Å². The fourth-order valence-corrected chi connectivity index (χ4v) is 2.16. The van der Waals surface area contributed by atoms with Crippen molar-refractivity contribution in [3.8, 4) is 5.75 Å². The molecule has 0 atom stereocenters. The summed E-state index contributed by atoms with van der Waals surface area (Å²) in [7, 11) is 1.60. The van der Waals surface area contributed by atoms with E-state index in [1.807, 2.05) is 24.3 Å². The minimum Gasteiger partial charge on any atom is -0.495 e. The molecule has 0 aliphatic heterocycles. The second-order valence-corrected chi connectivity index (χ2v) is 4.92. The van der Waals surface area contributed by atoms with Crippen molar-refractivity contribution >= 4 is 11.6 Å². The minimum atomic E-state index is -0.000863. The fraction of sp³-hybridized carbons (Fsp3) is 0.278. The summed E-state index contributed by atoms with van der Waals surface area (Å²) in [5, 5.41) is 2.89. The smallest absolute Gasteiger partial charge is 0.224 e. The van der Waals surface area contributed by atoms with Crippen LogP contribution < -0.4 is 10.1 Å². The number of carbonyl (C=O) groups is 1. The van der Waals surface area contributed by atoms with Crippen molar-refractivity contribution in [2.75, 3.05) is 12.4 Å². The van der Waals surface area contributed by atoms with Gasteiger partial charge in [0.15, 0.2) is 0 Å². The molecule has 0 spiro atoms. The van der Waals surface area contributed by atoms with Crippen molar-refractivity contribution in [1.29, 1.82) is 0 Å². The van der Waals surface area contributed by atoms with Crippen LogP contribution in [0.2, 0.25) is 0 Å². The predicted molar refractivity (Wildman–Crippen MR) is 85.8 cm³/mol. The number of anilines is 1. The molecule has 110 valence electrons. The van der Waals surface area contributed by atoms with Crippen molar-refractivity contribution in [2.24, 2.45) is 0 Å². The first-order valence-corrected chi connectivity index (χ1v) is 7.23. The van der Waals surface area contributed by atoms with E-state index in [1.165, 1.54) is 11.1 Å². The molecule has 21 heavy (non-hydrogen) atoms. The number of amides is 1. The zero-order valence-corrected chi connectivity index (χ0v) is 12.6. The number of nitrogens with one attached hydrogen (secondary N) is 1. The summed E-state index contributed by atoms with van der Waals surface area (Å²) in [6.07, 6.45) is 2.24. The molecule has 0 heterocycles. The Morgan fingerprint density at radius 2 is 1.71 bits per heavy atom. The zero-order valence-electron chi connectivity index (χ0n) is 12.6. The van der Waals surface area contributed by atoms with Crippen molar-refractivity contribution < 1.29 is 9.53 Å². The predicted octanol–water partition coefficient (Wildman–Crippen LogP) is 3.83. The third kappa shape index (κ3) is 4.35. The molecule has 3 heteroatoms. The maximum Gasteiger partial charge on any atom is 0.224 e. The SMILES string of the molecule is CCc1ccc(CCC(=O)Nc2ccccc2OC)cc1. The van der Waals surface area contributed by atoms with Crippen LogP contribution in [0, 0.1) is 0 Å².